The van der Waals surface area contributed by atoms with E-state index in [0.29, 0.717) is 30.3 Å². The Morgan fingerprint density at radius 1 is 1.35 bits per heavy atom. The van der Waals surface area contributed by atoms with E-state index in [1.54, 1.807) is 18.2 Å². The molecule has 0 saturated heterocycles. The number of fused-ring (bicyclic) bond motifs is 1. The molecule has 1 aliphatic rings. The number of nitrogens with zero attached hydrogens (tertiary/aromatic N) is 2. The summed E-state index contributed by atoms with van der Waals surface area (Å²) in [5.74, 6) is 0.188. The molecule has 7 heteroatoms. The lowest BCUT2D eigenvalue weighted by molar-refractivity contribution is 0.0971. The van der Waals surface area contributed by atoms with E-state index in [4.69, 9.17) is 10.5 Å². The monoisotopic (exact) mass is 272 g/mol. The maximum atomic E-state index is 12.4. The van der Waals surface area contributed by atoms with Gasteiger partial charge in [0.25, 0.3) is 11.5 Å². The molecule has 7 nitrogen and oxygen atoms in total. The first-order valence-corrected chi connectivity index (χ1v) is 6.06. The van der Waals surface area contributed by atoms with Gasteiger partial charge in [-0.15, -0.1) is 0 Å². The van der Waals surface area contributed by atoms with Crippen LogP contribution in [0.25, 0.3) is 0 Å². The molecule has 0 fully saturated rings. The summed E-state index contributed by atoms with van der Waals surface area (Å²) in [5, 5.41) is 5.99. The van der Waals surface area contributed by atoms with Crippen LogP contribution in [0.1, 0.15) is 10.5 Å². The Labute approximate surface area is 114 Å². The maximum absolute atomic E-state index is 12.4. The van der Waals surface area contributed by atoms with Crippen LogP contribution in [0, 0.1) is 0 Å². The number of nitrogen functional groups attached to an aromatic ring is 1. The van der Waals surface area contributed by atoms with Crippen molar-refractivity contribution >= 4 is 17.3 Å². The number of hydrogen-bond acceptors (Lipinski definition) is 5. The Bertz CT molecular complexity index is 705. The van der Waals surface area contributed by atoms with Crippen LogP contribution >= 0.6 is 0 Å². The summed E-state index contributed by atoms with van der Waals surface area (Å²) < 4.78 is 5.49. The molecule has 20 heavy (non-hydrogen) atoms. The summed E-state index contributed by atoms with van der Waals surface area (Å²) in [7, 11) is 0. The Kier molecular flexibility index (Phi) is 2.86. The second kappa shape index (κ2) is 4.69. The van der Waals surface area contributed by atoms with Crippen LogP contribution in [-0.2, 0) is 0 Å². The van der Waals surface area contributed by atoms with Crippen molar-refractivity contribution in [3.8, 4) is 5.75 Å². The number of benzene rings is 1. The molecular formula is C13H12N4O3. The number of carbonyl (C=O) groups excluding carboxylic acids is 1. The van der Waals surface area contributed by atoms with Gasteiger partial charge in [0, 0.05) is 6.07 Å². The lowest BCUT2D eigenvalue weighted by atomic mass is 10.2. The molecule has 2 aromatic rings. The summed E-state index contributed by atoms with van der Waals surface area (Å²) in [5.41, 5.74) is 6.74. The van der Waals surface area contributed by atoms with Crippen LogP contribution in [0.5, 0.6) is 5.75 Å². The van der Waals surface area contributed by atoms with E-state index in [2.05, 4.69) is 10.2 Å². The summed E-state index contributed by atoms with van der Waals surface area (Å²) in [6.45, 7) is 0.756. The molecule has 0 spiro atoms. The van der Waals surface area contributed by atoms with Crippen LogP contribution in [0.15, 0.2) is 35.1 Å². The first kappa shape index (κ1) is 12.2. The van der Waals surface area contributed by atoms with E-state index >= 15 is 0 Å². The number of rotatable bonds is 1. The molecule has 0 radical (unpaired) electrons. The SMILES string of the molecule is Nc1cccc2c1OCCN2C(=O)c1ccc(=O)[nH]n1. The van der Waals surface area contributed by atoms with E-state index in [-0.39, 0.29) is 17.2 Å². The van der Waals surface area contributed by atoms with Crippen molar-refractivity contribution in [2.24, 2.45) is 0 Å². The zero-order valence-corrected chi connectivity index (χ0v) is 10.5. The van der Waals surface area contributed by atoms with E-state index in [1.165, 1.54) is 17.0 Å². The normalized spacial score (nSPS) is 13.5. The zero-order valence-electron chi connectivity index (χ0n) is 10.5. The van der Waals surface area contributed by atoms with Crippen molar-refractivity contribution < 1.29 is 9.53 Å². The van der Waals surface area contributed by atoms with Crippen molar-refractivity contribution in [3.63, 3.8) is 0 Å². The highest BCUT2D eigenvalue weighted by molar-refractivity contribution is 6.06. The molecule has 0 atom stereocenters. The van der Waals surface area contributed by atoms with Gasteiger partial charge in [-0.25, -0.2) is 5.10 Å². The highest BCUT2D eigenvalue weighted by atomic mass is 16.5. The maximum Gasteiger partial charge on any atom is 0.278 e. The summed E-state index contributed by atoms with van der Waals surface area (Å²) >= 11 is 0. The number of nitrogens with two attached hydrogens (primary N) is 1. The van der Waals surface area contributed by atoms with Gasteiger partial charge < -0.3 is 10.5 Å². The van der Waals surface area contributed by atoms with E-state index in [0.717, 1.165) is 0 Å². The van der Waals surface area contributed by atoms with Crippen molar-refractivity contribution in [3.05, 3.63) is 46.4 Å². The summed E-state index contributed by atoms with van der Waals surface area (Å²) in [6, 6.07) is 7.88. The van der Waals surface area contributed by atoms with Gasteiger partial charge in [-0.1, -0.05) is 6.07 Å². The number of amides is 1. The van der Waals surface area contributed by atoms with Gasteiger partial charge in [0.1, 0.15) is 12.3 Å². The highest BCUT2D eigenvalue weighted by Crippen LogP contribution is 2.36. The van der Waals surface area contributed by atoms with Crippen LogP contribution in [-0.4, -0.2) is 29.3 Å². The third-order valence-corrected chi connectivity index (χ3v) is 3.02. The number of H-pyrrole nitrogens is 1. The van der Waals surface area contributed by atoms with Gasteiger partial charge in [-0.2, -0.15) is 5.10 Å². The quantitative estimate of drug-likeness (QED) is 0.731. The highest BCUT2D eigenvalue weighted by Gasteiger charge is 2.26. The Balaban J connectivity index is 2.00. The Morgan fingerprint density at radius 3 is 2.95 bits per heavy atom. The van der Waals surface area contributed by atoms with Gasteiger partial charge in [0.2, 0.25) is 0 Å². The number of ether oxygens (including phenoxy) is 1. The van der Waals surface area contributed by atoms with Crippen molar-refractivity contribution in [1.29, 1.82) is 0 Å². The molecule has 1 aliphatic heterocycles. The minimum absolute atomic E-state index is 0.167. The molecule has 2 heterocycles. The van der Waals surface area contributed by atoms with Gasteiger partial charge in [0.15, 0.2) is 5.75 Å². The average Bonchev–Trinajstić information content (AvgIpc) is 2.47. The molecule has 3 N–H and O–H groups in total. The van der Waals surface area contributed by atoms with Crippen LogP contribution in [0.2, 0.25) is 0 Å². The van der Waals surface area contributed by atoms with Crippen molar-refractivity contribution in [2.75, 3.05) is 23.8 Å². The number of aromatic nitrogens is 2. The van der Waals surface area contributed by atoms with E-state index in [9.17, 15) is 9.59 Å². The smallest absolute Gasteiger partial charge is 0.278 e. The number of hydrogen-bond donors (Lipinski definition) is 2. The molecule has 0 saturated carbocycles. The lowest BCUT2D eigenvalue weighted by Crippen LogP contribution is -2.38. The second-order valence-electron chi connectivity index (χ2n) is 4.31. The topological polar surface area (TPSA) is 101 Å². The summed E-state index contributed by atoms with van der Waals surface area (Å²) in [4.78, 5) is 25.0. The van der Waals surface area contributed by atoms with Crippen LogP contribution in [0.4, 0.5) is 11.4 Å². The minimum Gasteiger partial charge on any atom is -0.487 e. The molecule has 0 unspecified atom stereocenters. The third kappa shape index (κ3) is 1.99. The van der Waals surface area contributed by atoms with Gasteiger partial charge in [0.05, 0.1) is 17.9 Å². The molecule has 102 valence electrons. The average molecular weight is 272 g/mol. The van der Waals surface area contributed by atoms with E-state index in [1.807, 2.05) is 0 Å². The number of aromatic amines is 1. The van der Waals surface area contributed by atoms with Crippen molar-refractivity contribution in [1.82, 2.24) is 10.2 Å². The second-order valence-corrected chi connectivity index (χ2v) is 4.31. The fourth-order valence-electron chi connectivity index (χ4n) is 2.08. The molecule has 3 rings (SSSR count). The van der Waals surface area contributed by atoms with Crippen molar-refractivity contribution in [2.45, 2.75) is 0 Å². The molecule has 0 bridgehead atoms. The first-order valence-electron chi connectivity index (χ1n) is 6.06. The fraction of sp³-hybridized carbons (Fsp3) is 0.154. The number of para-hydroxylation sites is 1. The lowest BCUT2D eigenvalue weighted by Gasteiger charge is -2.29. The predicted octanol–water partition coefficient (Wildman–Crippen LogP) is 0.391. The fourth-order valence-corrected chi connectivity index (χ4v) is 2.08. The van der Waals surface area contributed by atoms with Crippen LogP contribution in [0.3, 0.4) is 0 Å². The zero-order chi connectivity index (χ0) is 14.1. The van der Waals surface area contributed by atoms with Gasteiger partial charge in [-0.05, 0) is 18.2 Å². The van der Waals surface area contributed by atoms with Gasteiger partial charge >= 0.3 is 0 Å². The largest absolute Gasteiger partial charge is 0.487 e. The molecule has 1 aromatic carbocycles. The molecule has 1 aromatic heterocycles. The molecule has 0 aliphatic carbocycles. The van der Waals surface area contributed by atoms with E-state index < -0.39 is 0 Å². The Morgan fingerprint density at radius 2 is 2.20 bits per heavy atom. The minimum atomic E-state index is -0.354. The summed E-state index contributed by atoms with van der Waals surface area (Å²) in [6.07, 6.45) is 0. The third-order valence-electron chi connectivity index (χ3n) is 3.02. The predicted molar refractivity (Wildman–Crippen MR) is 72.9 cm³/mol. The van der Waals surface area contributed by atoms with Crippen LogP contribution < -0.4 is 20.9 Å². The molecule has 1 amide bonds. The van der Waals surface area contributed by atoms with Gasteiger partial charge in [-0.3, -0.25) is 14.5 Å². The molecular weight excluding hydrogens is 260 g/mol. The number of carbonyl (C=O) groups is 1. The Hall–Kier alpha value is -2.83. The number of nitrogens with one attached hydrogen (secondary N) is 1. The number of anilines is 2. The standard InChI is InChI=1S/C13H12N4O3/c14-8-2-1-3-10-12(8)20-7-6-17(10)13(19)9-4-5-11(18)16-15-9/h1-5H,6-7,14H2,(H,16,18). The first-order chi connectivity index (χ1) is 9.66.